The highest BCUT2D eigenvalue weighted by Crippen LogP contribution is 2.43. The summed E-state index contributed by atoms with van der Waals surface area (Å²) in [4.78, 5) is 2.60. The van der Waals surface area contributed by atoms with Crippen LogP contribution >= 0.6 is 31.9 Å². The standard InChI is InChI=1S/C22H13Br2F6N5/c23-17(16-10-5-11-31-33-16)18(24)35-20(13-7-2-4-9-15(13)22(28,29)30)32-19(34-35)12-6-1-3-8-14(12)21(25,26)27/h1-11,17-18H. The molecule has 2 heterocycles. The zero-order valence-electron chi connectivity index (χ0n) is 17.3. The van der Waals surface area contributed by atoms with E-state index in [4.69, 9.17) is 0 Å². The van der Waals surface area contributed by atoms with E-state index in [1.807, 2.05) is 0 Å². The van der Waals surface area contributed by atoms with Gasteiger partial charge in [-0.1, -0.05) is 68.3 Å². The molecule has 0 saturated heterocycles. The smallest absolute Gasteiger partial charge is 0.230 e. The van der Waals surface area contributed by atoms with E-state index < -0.39 is 33.3 Å². The lowest BCUT2D eigenvalue weighted by Crippen LogP contribution is -2.15. The van der Waals surface area contributed by atoms with E-state index in [0.717, 1.165) is 16.8 Å². The van der Waals surface area contributed by atoms with Crippen molar-refractivity contribution in [2.75, 3.05) is 0 Å². The maximum atomic E-state index is 13.8. The fourth-order valence-electron chi connectivity index (χ4n) is 3.37. The van der Waals surface area contributed by atoms with Crippen molar-refractivity contribution < 1.29 is 26.3 Å². The lowest BCUT2D eigenvalue weighted by atomic mass is 10.1. The fraction of sp³-hybridized carbons (Fsp3) is 0.182. The van der Waals surface area contributed by atoms with Crippen LogP contribution in [0.1, 0.15) is 26.6 Å². The third kappa shape index (κ3) is 5.25. The lowest BCUT2D eigenvalue weighted by Gasteiger charge is -2.19. The SMILES string of the molecule is FC(F)(F)c1ccccc1-c1nc(-c2ccccc2C(F)(F)F)n(C(Br)C(Br)c2cccnn2)n1. The molecule has 0 spiro atoms. The first-order valence-corrected chi connectivity index (χ1v) is 11.7. The van der Waals surface area contributed by atoms with Crippen molar-refractivity contribution in [2.24, 2.45) is 0 Å². The first-order chi connectivity index (χ1) is 16.5. The van der Waals surface area contributed by atoms with E-state index in [1.165, 1.54) is 42.6 Å². The minimum atomic E-state index is -4.74. The van der Waals surface area contributed by atoms with Gasteiger partial charge in [0.15, 0.2) is 11.6 Å². The van der Waals surface area contributed by atoms with Gasteiger partial charge in [-0.3, -0.25) is 0 Å². The van der Waals surface area contributed by atoms with Crippen LogP contribution in [0.2, 0.25) is 0 Å². The molecule has 2 aromatic carbocycles. The Morgan fingerprint density at radius 3 is 1.89 bits per heavy atom. The van der Waals surface area contributed by atoms with E-state index in [-0.39, 0.29) is 22.8 Å². The highest BCUT2D eigenvalue weighted by atomic mass is 79.9. The first-order valence-electron chi connectivity index (χ1n) is 9.84. The Balaban J connectivity index is 1.94. The summed E-state index contributed by atoms with van der Waals surface area (Å²) in [5.41, 5.74) is -2.31. The molecule has 13 heteroatoms. The Kier molecular flexibility index (Phi) is 7.00. The average molecular weight is 621 g/mol. The average Bonchev–Trinajstić information content (AvgIpc) is 3.28. The van der Waals surface area contributed by atoms with Crippen LogP contribution in [0.15, 0.2) is 66.9 Å². The first kappa shape index (κ1) is 25.3. The number of hydrogen-bond donors (Lipinski definition) is 0. The maximum Gasteiger partial charge on any atom is 0.417 e. The molecular weight excluding hydrogens is 608 g/mol. The van der Waals surface area contributed by atoms with Gasteiger partial charge < -0.3 is 0 Å². The summed E-state index contributed by atoms with van der Waals surface area (Å²) in [6, 6.07) is 12.5. The molecule has 2 aromatic heterocycles. The van der Waals surface area contributed by atoms with Crippen LogP contribution in [-0.2, 0) is 12.4 Å². The molecule has 0 radical (unpaired) electrons. The largest absolute Gasteiger partial charge is 0.417 e. The summed E-state index contributed by atoms with van der Waals surface area (Å²) in [6.07, 6.45) is -8.02. The summed E-state index contributed by atoms with van der Waals surface area (Å²) in [5, 5.41) is 12.0. The van der Waals surface area contributed by atoms with Crippen LogP contribution in [0.4, 0.5) is 26.3 Å². The zero-order chi connectivity index (χ0) is 25.4. The van der Waals surface area contributed by atoms with Crippen molar-refractivity contribution in [3.05, 3.63) is 83.7 Å². The van der Waals surface area contributed by atoms with Gasteiger partial charge >= 0.3 is 12.4 Å². The second-order valence-electron chi connectivity index (χ2n) is 7.21. The van der Waals surface area contributed by atoms with E-state index in [9.17, 15) is 26.3 Å². The molecule has 0 amide bonds. The minimum absolute atomic E-state index is 0.278. The number of rotatable bonds is 5. The third-order valence-electron chi connectivity index (χ3n) is 4.93. The van der Waals surface area contributed by atoms with Gasteiger partial charge in [0.1, 0.15) is 4.95 Å². The molecular formula is C22H13Br2F6N5. The van der Waals surface area contributed by atoms with E-state index in [0.29, 0.717) is 5.69 Å². The Bertz CT molecular complexity index is 1320. The van der Waals surface area contributed by atoms with E-state index >= 15 is 0 Å². The summed E-state index contributed by atoms with van der Waals surface area (Å²) in [5.74, 6) is -0.659. The molecule has 0 bridgehead atoms. The van der Waals surface area contributed by atoms with Crippen molar-refractivity contribution in [3.63, 3.8) is 0 Å². The van der Waals surface area contributed by atoms with Crippen LogP contribution in [0, 0.1) is 0 Å². The predicted octanol–water partition coefficient (Wildman–Crippen LogP) is 7.47. The third-order valence-corrected chi connectivity index (χ3v) is 7.52. The van der Waals surface area contributed by atoms with Crippen LogP contribution in [0.25, 0.3) is 22.8 Å². The van der Waals surface area contributed by atoms with Gasteiger partial charge in [0.2, 0.25) is 0 Å². The van der Waals surface area contributed by atoms with Gasteiger partial charge in [0.25, 0.3) is 0 Å². The molecule has 2 atom stereocenters. The molecule has 0 aliphatic carbocycles. The zero-order valence-corrected chi connectivity index (χ0v) is 20.4. The van der Waals surface area contributed by atoms with Gasteiger partial charge in [-0.05, 0) is 24.3 Å². The van der Waals surface area contributed by atoms with Gasteiger partial charge in [-0.15, -0.1) is 5.10 Å². The molecule has 4 aromatic rings. The quantitative estimate of drug-likeness (QED) is 0.172. The van der Waals surface area contributed by atoms with Crippen molar-refractivity contribution >= 4 is 31.9 Å². The second kappa shape index (κ2) is 9.69. The van der Waals surface area contributed by atoms with Crippen molar-refractivity contribution in [1.82, 2.24) is 25.0 Å². The number of benzene rings is 2. The van der Waals surface area contributed by atoms with Gasteiger partial charge in [-0.25, -0.2) is 9.67 Å². The van der Waals surface area contributed by atoms with Crippen molar-refractivity contribution in [3.8, 4) is 22.8 Å². The summed E-state index contributed by atoms with van der Waals surface area (Å²) in [6.45, 7) is 0. The molecule has 0 aliphatic heterocycles. The summed E-state index contributed by atoms with van der Waals surface area (Å²) >= 11 is 6.82. The molecule has 0 saturated carbocycles. The number of halogens is 8. The second-order valence-corrected chi connectivity index (χ2v) is 9.14. The Morgan fingerprint density at radius 2 is 1.31 bits per heavy atom. The number of hydrogen-bond acceptors (Lipinski definition) is 4. The van der Waals surface area contributed by atoms with Gasteiger partial charge in [0, 0.05) is 17.3 Å². The Hall–Kier alpha value is -2.80. The number of nitrogens with zero attached hydrogens (tertiary/aromatic N) is 5. The molecule has 5 nitrogen and oxygen atoms in total. The molecule has 2 unspecified atom stereocenters. The lowest BCUT2D eigenvalue weighted by molar-refractivity contribution is -0.137. The maximum absolute atomic E-state index is 13.8. The fourth-order valence-corrected chi connectivity index (χ4v) is 4.39. The molecule has 182 valence electrons. The normalized spacial score (nSPS) is 14.1. The molecule has 0 N–H and O–H groups in total. The molecule has 0 fully saturated rings. The highest BCUT2D eigenvalue weighted by Gasteiger charge is 2.38. The van der Waals surface area contributed by atoms with E-state index in [1.54, 1.807) is 12.1 Å². The number of aromatic nitrogens is 5. The highest BCUT2D eigenvalue weighted by molar-refractivity contribution is 9.11. The molecule has 4 rings (SSSR count). The van der Waals surface area contributed by atoms with E-state index in [2.05, 4.69) is 52.1 Å². The van der Waals surface area contributed by atoms with Crippen LogP contribution in [-0.4, -0.2) is 25.0 Å². The Labute approximate surface area is 211 Å². The van der Waals surface area contributed by atoms with Gasteiger partial charge in [0.05, 0.1) is 21.6 Å². The van der Waals surface area contributed by atoms with Crippen molar-refractivity contribution in [1.29, 1.82) is 0 Å². The topological polar surface area (TPSA) is 56.5 Å². The van der Waals surface area contributed by atoms with Gasteiger partial charge in [-0.2, -0.15) is 36.5 Å². The monoisotopic (exact) mass is 619 g/mol. The Morgan fingerprint density at radius 1 is 0.743 bits per heavy atom. The molecule has 0 aliphatic rings. The van der Waals surface area contributed by atoms with Crippen LogP contribution in [0.3, 0.4) is 0 Å². The minimum Gasteiger partial charge on any atom is -0.230 e. The van der Waals surface area contributed by atoms with Crippen molar-refractivity contribution in [2.45, 2.75) is 22.1 Å². The summed E-state index contributed by atoms with van der Waals surface area (Å²) in [7, 11) is 0. The number of alkyl halides is 8. The van der Waals surface area contributed by atoms with Crippen LogP contribution in [0.5, 0.6) is 0 Å². The molecule has 35 heavy (non-hydrogen) atoms. The predicted molar refractivity (Wildman–Crippen MR) is 123 cm³/mol. The van der Waals surface area contributed by atoms with Crippen LogP contribution < -0.4 is 0 Å². The summed E-state index contributed by atoms with van der Waals surface area (Å²) < 4.78 is 83.4.